The Morgan fingerprint density at radius 3 is 1.25 bits per heavy atom. The second-order valence-electron chi connectivity index (χ2n) is 23.0. The van der Waals surface area contributed by atoms with Gasteiger partial charge in [-0.3, -0.25) is 0 Å². The van der Waals surface area contributed by atoms with Crippen LogP contribution >= 0.6 is 17.0 Å². The number of allylic oxidation sites excluding steroid dienone is 2. The van der Waals surface area contributed by atoms with E-state index in [1.54, 1.807) is 0 Å². The van der Waals surface area contributed by atoms with Crippen LogP contribution in [0.25, 0.3) is 34.4 Å². The molecule has 0 saturated heterocycles. The zero-order valence-corrected chi connectivity index (χ0v) is 45.5. The molecule has 2 saturated carbocycles. The van der Waals surface area contributed by atoms with Crippen LogP contribution in [0.5, 0.6) is 0 Å². The molecule has 65 heavy (non-hydrogen) atoms. The van der Waals surface area contributed by atoms with Gasteiger partial charge in [0.25, 0.3) is 0 Å². The molecule has 3 unspecified atom stereocenters. The molecule has 0 nitrogen and oxygen atoms in total. The summed E-state index contributed by atoms with van der Waals surface area (Å²) in [5.74, 6) is -1.55. The summed E-state index contributed by atoms with van der Waals surface area (Å²) < 4.78 is 43.4. The van der Waals surface area contributed by atoms with E-state index in [-0.39, 0.29) is 24.1 Å². The Kier molecular flexibility index (Phi) is 14.6. The van der Waals surface area contributed by atoms with Crippen molar-refractivity contribution >= 4 is 35.1 Å². The van der Waals surface area contributed by atoms with Crippen molar-refractivity contribution in [1.82, 2.24) is 0 Å². The van der Waals surface area contributed by atoms with E-state index >= 15 is 0 Å². The fourth-order valence-electron chi connectivity index (χ4n) is 12.6. The molecule has 0 radical (unpaired) electrons. The molecule has 0 N–H and O–H groups in total. The van der Waals surface area contributed by atoms with Gasteiger partial charge >= 0.3 is 402 Å². The first-order valence-electron chi connectivity index (χ1n) is 25.2. The number of alkyl halides is 3. The van der Waals surface area contributed by atoms with Crippen LogP contribution in [0.1, 0.15) is 178 Å². The monoisotopic (exact) mass is 1020 g/mol. The van der Waals surface area contributed by atoms with E-state index in [1.807, 2.05) is 0 Å². The maximum atomic E-state index is 14.6. The van der Waals surface area contributed by atoms with Crippen molar-refractivity contribution in [3.8, 4) is 22.3 Å². The second kappa shape index (κ2) is 19.3. The van der Waals surface area contributed by atoms with E-state index in [2.05, 4.69) is 145 Å². The number of fused-ring (bicyclic) bond motifs is 2. The summed E-state index contributed by atoms with van der Waals surface area (Å²) in [6.07, 6.45) is 16.3. The van der Waals surface area contributed by atoms with Crippen molar-refractivity contribution in [1.29, 1.82) is 0 Å². The van der Waals surface area contributed by atoms with E-state index in [4.69, 9.17) is 17.0 Å². The van der Waals surface area contributed by atoms with Crippen LogP contribution in [-0.4, -0.2) is 12.1 Å². The van der Waals surface area contributed by atoms with Gasteiger partial charge in [-0.2, -0.15) is 0 Å². The van der Waals surface area contributed by atoms with Gasteiger partial charge in [-0.1, -0.05) is 0 Å². The van der Waals surface area contributed by atoms with Gasteiger partial charge in [0.15, 0.2) is 0 Å². The van der Waals surface area contributed by atoms with Crippen LogP contribution in [0.4, 0.5) is 13.2 Å². The summed E-state index contributed by atoms with van der Waals surface area (Å²) in [5.41, 5.74) is 14.6. The van der Waals surface area contributed by atoms with Gasteiger partial charge in [0.05, 0.1) is 0 Å². The van der Waals surface area contributed by atoms with Gasteiger partial charge in [0, 0.05) is 0 Å². The van der Waals surface area contributed by atoms with E-state index in [9.17, 15) is 13.2 Å². The van der Waals surface area contributed by atoms with Crippen LogP contribution in [0.3, 0.4) is 0 Å². The van der Waals surface area contributed by atoms with E-state index in [0.29, 0.717) is 11.8 Å². The number of halogens is 5. The molecule has 4 aromatic carbocycles. The Morgan fingerprint density at radius 1 is 0.538 bits per heavy atom. The van der Waals surface area contributed by atoms with Gasteiger partial charge in [-0.05, 0) is 0 Å². The average molecular weight is 1020 g/mol. The van der Waals surface area contributed by atoms with Crippen LogP contribution in [0, 0.1) is 11.8 Å². The van der Waals surface area contributed by atoms with Gasteiger partial charge in [0.2, 0.25) is 0 Å². The molecule has 0 aromatic heterocycles. The number of hydrogen-bond acceptors (Lipinski definition) is 0. The summed E-state index contributed by atoms with van der Waals surface area (Å²) in [4.78, 5) is 0. The van der Waals surface area contributed by atoms with Crippen molar-refractivity contribution < 1.29 is 28.7 Å². The van der Waals surface area contributed by atoms with Crippen LogP contribution in [-0.2, 0) is 26.4 Å². The summed E-state index contributed by atoms with van der Waals surface area (Å²) in [6, 6.07) is 31.5. The van der Waals surface area contributed by atoms with Crippen molar-refractivity contribution in [3.05, 3.63) is 129 Å². The number of hydrogen-bond donors (Lipinski definition) is 0. The average Bonchev–Trinajstić information content (AvgIpc) is 3.56. The molecule has 4 aromatic rings. The Labute approximate surface area is 399 Å². The maximum absolute atomic E-state index is 14.6. The first-order chi connectivity index (χ1) is 30.7. The van der Waals surface area contributed by atoms with E-state index < -0.39 is 34.1 Å². The van der Waals surface area contributed by atoms with Crippen molar-refractivity contribution in [2.24, 2.45) is 11.8 Å². The van der Waals surface area contributed by atoms with E-state index in [0.717, 1.165) is 24.0 Å². The van der Waals surface area contributed by atoms with Crippen molar-refractivity contribution in [2.45, 2.75) is 175 Å². The summed E-state index contributed by atoms with van der Waals surface area (Å²) in [6.45, 7) is 15.7. The molecular weight excluding hydrogens is 944 g/mol. The fourth-order valence-corrected chi connectivity index (χ4v) is 52.6. The van der Waals surface area contributed by atoms with Gasteiger partial charge in [0.1, 0.15) is 0 Å². The minimum absolute atomic E-state index is 0.0260. The van der Waals surface area contributed by atoms with Crippen molar-refractivity contribution in [3.63, 3.8) is 0 Å². The first kappa shape index (κ1) is 49.3. The Balaban J connectivity index is 1.36. The number of rotatable bonds is 11. The summed E-state index contributed by atoms with van der Waals surface area (Å²) in [5, 5.41) is 0. The first-order valence-corrected chi connectivity index (χ1v) is 41.2. The quantitative estimate of drug-likeness (QED) is 0.104. The van der Waals surface area contributed by atoms with Crippen molar-refractivity contribution in [2.75, 3.05) is 0 Å². The zero-order valence-electron chi connectivity index (χ0n) is 40.3. The zero-order chi connectivity index (χ0) is 46.4. The molecule has 0 bridgehead atoms. The van der Waals surface area contributed by atoms with Gasteiger partial charge in [-0.25, -0.2) is 0 Å². The third kappa shape index (κ3) is 10.4. The predicted octanol–water partition coefficient (Wildman–Crippen LogP) is 19.2. The molecule has 4 aliphatic rings. The molecule has 0 heterocycles. The number of benzene rings is 4. The Hall–Kier alpha value is -2.17. The van der Waals surface area contributed by atoms with Gasteiger partial charge in [-0.15, -0.1) is 0 Å². The standard InChI is InChI=1S/2C27H33.C4H8F3Si.2ClH.Zr/c2*1-27(2,3)24-15-13-22(14-16-24)25-12-8-11-23-18-21(19-26(23)25)17-20-9-6-4-5-7-10-20;1-8-3-2-4(5,6)7;;;/h2*8,11-16,18-20H,4-7,9-10,17H2,1-3H3;8H,2-3H2,1H3;2*1H;/q;;;;;+2/p-2. The normalized spacial score (nSPS) is 21.4. The molecule has 0 amide bonds. The third-order valence-electron chi connectivity index (χ3n) is 16.3. The third-order valence-corrected chi connectivity index (χ3v) is 66.5. The second-order valence-corrected chi connectivity index (χ2v) is 64.3. The van der Waals surface area contributed by atoms with E-state index in [1.165, 1.54) is 133 Å². The molecule has 7 heteroatoms. The van der Waals surface area contributed by atoms with Crippen LogP contribution in [0.2, 0.25) is 12.6 Å². The molecule has 8 rings (SSSR count). The Morgan fingerprint density at radius 2 is 0.908 bits per heavy atom. The SMILES string of the molecule is C[SiH](CCC(F)(F)F)[Zr]([Cl])([Cl])([CH]1C(CC2CCCCCC2)=Cc2c(-c3ccc(C(C)(C)C)cc3)cccc21)[CH]1C(CC2CCCCCC2)=Cc2c(-c3ccc(C(C)(C)C)cc3)cccc21. The van der Waals surface area contributed by atoms with Crippen LogP contribution in [0.15, 0.2) is 96.1 Å². The summed E-state index contributed by atoms with van der Waals surface area (Å²) in [7, 11) is 18.3. The minimum atomic E-state index is -5.73. The van der Waals surface area contributed by atoms with Crippen LogP contribution < -0.4 is 0 Å². The fraction of sp³-hybridized carbons (Fsp3) is 0.517. The topological polar surface area (TPSA) is 0 Å². The Bertz CT molecular complexity index is 2210. The molecule has 349 valence electrons. The molecule has 0 spiro atoms. The molecule has 4 aliphatic carbocycles. The van der Waals surface area contributed by atoms with Gasteiger partial charge < -0.3 is 0 Å². The summed E-state index contributed by atoms with van der Waals surface area (Å²) >= 11 is -5.73. The predicted molar refractivity (Wildman–Crippen MR) is 274 cm³/mol. The molecule has 0 aliphatic heterocycles. The molecular formula is C58H74Cl2F3SiZr. The molecule has 2 fully saturated rings. The molecule has 3 atom stereocenters.